The Balaban J connectivity index is 2.26. The Morgan fingerprint density at radius 2 is 2.16 bits per heavy atom. The molecule has 6 heteroatoms. The quantitative estimate of drug-likeness (QED) is 0.908. The third-order valence-corrected chi connectivity index (χ3v) is 5.69. The summed E-state index contributed by atoms with van der Waals surface area (Å²) in [6.07, 6.45) is 3.23. The molecule has 0 aromatic carbocycles. The Bertz CT molecular complexity index is 527. The minimum atomic E-state index is -3.43. The highest BCUT2D eigenvalue weighted by molar-refractivity contribution is 7.89. The number of hydrogen-bond donors (Lipinski definition) is 1. The molecule has 1 aromatic heterocycles. The fourth-order valence-corrected chi connectivity index (χ4v) is 4.16. The first-order chi connectivity index (χ1) is 8.95. The van der Waals surface area contributed by atoms with Crippen molar-refractivity contribution in [2.45, 2.75) is 44.2 Å². The lowest BCUT2D eigenvalue weighted by Gasteiger charge is -2.35. The molecule has 5 nitrogen and oxygen atoms in total. The van der Waals surface area contributed by atoms with E-state index in [0.717, 1.165) is 12.8 Å². The number of pyridine rings is 1. The molecule has 1 aromatic rings. The predicted molar refractivity (Wildman–Crippen MR) is 73.9 cm³/mol. The van der Waals surface area contributed by atoms with E-state index in [1.165, 1.54) is 6.20 Å². The van der Waals surface area contributed by atoms with Crippen LogP contribution in [0.1, 0.15) is 32.4 Å². The van der Waals surface area contributed by atoms with Crippen LogP contribution in [0.25, 0.3) is 0 Å². The molecule has 1 aliphatic heterocycles. The van der Waals surface area contributed by atoms with Crippen LogP contribution in [0.3, 0.4) is 0 Å². The van der Waals surface area contributed by atoms with Gasteiger partial charge in [-0.25, -0.2) is 8.42 Å². The third-order valence-electron chi connectivity index (χ3n) is 3.69. The van der Waals surface area contributed by atoms with Crippen LogP contribution in [-0.2, 0) is 16.6 Å². The SMILES string of the molecule is CC1CCN(S(=O)(=O)c2ccc(CN)nc2)C(C)C1. The molecule has 106 valence electrons. The van der Waals surface area contributed by atoms with Crippen molar-refractivity contribution in [3.8, 4) is 0 Å². The first-order valence-corrected chi connectivity index (χ1v) is 8.06. The first kappa shape index (κ1) is 14.4. The minimum absolute atomic E-state index is 0.0444. The van der Waals surface area contributed by atoms with E-state index in [1.54, 1.807) is 16.4 Å². The van der Waals surface area contributed by atoms with Crippen molar-refractivity contribution in [1.29, 1.82) is 0 Å². The van der Waals surface area contributed by atoms with Crippen LogP contribution in [-0.4, -0.2) is 30.3 Å². The van der Waals surface area contributed by atoms with Crippen LogP contribution in [0.15, 0.2) is 23.2 Å². The van der Waals surface area contributed by atoms with E-state index in [0.29, 0.717) is 24.7 Å². The van der Waals surface area contributed by atoms with Crippen molar-refractivity contribution < 1.29 is 8.42 Å². The topological polar surface area (TPSA) is 76.3 Å². The molecular weight excluding hydrogens is 262 g/mol. The molecule has 1 fully saturated rings. The maximum absolute atomic E-state index is 12.6. The first-order valence-electron chi connectivity index (χ1n) is 6.62. The molecule has 0 saturated carbocycles. The number of nitrogens with two attached hydrogens (primary N) is 1. The maximum atomic E-state index is 12.6. The molecule has 0 aliphatic carbocycles. The van der Waals surface area contributed by atoms with Crippen LogP contribution >= 0.6 is 0 Å². The van der Waals surface area contributed by atoms with Gasteiger partial charge in [0.25, 0.3) is 0 Å². The van der Waals surface area contributed by atoms with Gasteiger partial charge in [0.15, 0.2) is 0 Å². The lowest BCUT2D eigenvalue weighted by atomic mass is 9.95. The molecule has 19 heavy (non-hydrogen) atoms. The summed E-state index contributed by atoms with van der Waals surface area (Å²) in [6, 6.07) is 3.31. The van der Waals surface area contributed by atoms with E-state index in [1.807, 2.05) is 6.92 Å². The zero-order valence-electron chi connectivity index (χ0n) is 11.4. The number of rotatable bonds is 3. The summed E-state index contributed by atoms with van der Waals surface area (Å²) in [7, 11) is -3.43. The summed E-state index contributed by atoms with van der Waals surface area (Å²) >= 11 is 0. The van der Waals surface area contributed by atoms with Gasteiger partial charge < -0.3 is 5.73 Å². The van der Waals surface area contributed by atoms with Gasteiger partial charge in [-0.15, -0.1) is 0 Å². The van der Waals surface area contributed by atoms with E-state index in [-0.39, 0.29) is 10.9 Å². The second-order valence-electron chi connectivity index (χ2n) is 5.28. The van der Waals surface area contributed by atoms with Crippen LogP contribution in [0.2, 0.25) is 0 Å². The van der Waals surface area contributed by atoms with E-state index >= 15 is 0 Å². The molecule has 2 atom stereocenters. The molecule has 1 saturated heterocycles. The highest BCUT2D eigenvalue weighted by Gasteiger charge is 2.33. The summed E-state index contributed by atoms with van der Waals surface area (Å²) in [5, 5.41) is 0. The fourth-order valence-electron chi connectivity index (χ4n) is 2.56. The number of sulfonamides is 1. The third kappa shape index (κ3) is 2.96. The molecule has 0 bridgehead atoms. The van der Waals surface area contributed by atoms with E-state index in [9.17, 15) is 8.42 Å². The van der Waals surface area contributed by atoms with E-state index in [4.69, 9.17) is 5.73 Å². The van der Waals surface area contributed by atoms with Gasteiger partial charge in [-0.05, 0) is 37.8 Å². The Morgan fingerprint density at radius 1 is 1.42 bits per heavy atom. The van der Waals surface area contributed by atoms with Gasteiger partial charge in [-0.1, -0.05) is 6.92 Å². The maximum Gasteiger partial charge on any atom is 0.244 e. The summed E-state index contributed by atoms with van der Waals surface area (Å²) in [6.45, 7) is 5.04. The van der Waals surface area contributed by atoms with Crippen LogP contribution in [0, 0.1) is 5.92 Å². The number of aromatic nitrogens is 1. The van der Waals surface area contributed by atoms with Gasteiger partial charge in [0.2, 0.25) is 10.0 Å². The molecule has 0 spiro atoms. The van der Waals surface area contributed by atoms with Crippen LogP contribution in [0.4, 0.5) is 0 Å². The Morgan fingerprint density at radius 3 is 2.68 bits per heavy atom. The average Bonchev–Trinajstić information content (AvgIpc) is 2.38. The smallest absolute Gasteiger partial charge is 0.244 e. The van der Waals surface area contributed by atoms with Gasteiger partial charge in [-0.2, -0.15) is 4.31 Å². The van der Waals surface area contributed by atoms with E-state index in [2.05, 4.69) is 11.9 Å². The summed E-state index contributed by atoms with van der Waals surface area (Å²) < 4.78 is 26.7. The van der Waals surface area contributed by atoms with Crippen LogP contribution in [0.5, 0.6) is 0 Å². The molecular formula is C13H21N3O2S. The van der Waals surface area contributed by atoms with E-state index < -0.39 is 10.0 Å². The Labute approximate surface area is 114 Å². The minimum Gasteiger partial charge on any atom is -0.325 e. The highest BCUT2D eigenvalue weighted by atomic mass is 32.2. The number of hydrogen-bond acceptors (Lipinski definition) is 4. The summed E-state index contributed by atoms with van der Waals surface area (Å²) in [5.74, 6) is 0.583. The number of nitrogens with zero attached hydrogens (tertiary/aromatic N) is 2. The molecule has 2 heterocycles. The van der Waals surface area contributed by atoms with Crippen molar-refractivity contribution in [2.75, 3.05) is 6.54 Å². The predicted octanol–water partition coefficient (Wildman–Crippen LogP) is 1.35. The van der Waals surface area contributed by atoms with Crippen LogP contribution < -0.4 is 5.73 Å². The van der Waals surface area contributed by atoms with Gasteiger partial charge in [0.05, 0.1) is 5.69 Å². The molecule has 2 rings (SSSR count). The zero-order chi connectivity index (χ0) is 14.0. The Hall–Kier alpha value is -0.980. The average molecular weight is 283 g/mol. The zero-order valence-corrected chi connectivity index (χ0v) is 12.2. The van der Waals surface area contributed by atoms with Gasteiger partial charge in [-0.3, -0.25) is 4.98 Å². The molecule has 2 N–H and O–H groups in total. The van der Waals surface area contributed by atoms with Crippen molar-refractivity contribution in [2.24, 2.45) is 11.7 Å². The monoisotopic (exact) mass is 283 g/mol. The standard InChI is InChI=1S/C13H21N3O2S/c1-10-5-6-16(11(2)7-10)19(17,18)13-4-3-12(8-14)15-9-13/h3-4,9-11H,5-8,14H2,1-2H3. The highest BCUT2D eigenvalue weighted by Crippen LogP contribution is 2.27. The second kappa shape index (κ2) is 5.56. The normalized spacial score (nSPS) is 25.4. The largest absolute Gasteiger partial charge is 0.325 e. The summed E-state index contributed by atoms with van der Waals surface area (Å²) in [5.41, 5.74) is 6.16. The second-order valence-corrected chi connectivity index (χ2v) is 7.17. The van der Waals surface area contributed by atoms with Gasteiger partial charge in [0, 0.05) is 25.3 Å². The Kier molecular flexibility index (Phi) is 4.23. The molecule has 1 aliphatic rings. The fraction of sp³-hybridized carbons (Fsp3) is 0.615. The molecule has 0 amide bonds. The summed E-state index contributed by atoms with van der Waals surface area (Å²) in [4.78, 5) is 4.32. The van der Waals surface area contributed by atoms with Crippen molar-refractivity contribution in [3.05, 3.63) is 24.0 Å². The van der Waals surface area contributed by atoms with Crippen molar-refractivity contribution in [1.82, 2.24) is 9.29 Å². The van der Waals surface area contributed by atoms with Gasteiger partial charge >= 0.3 is 0 Å². The number of piperidine rings is 1. The molecule has 2 unspecified atom stereocenters. The molecule has 0 radical (unpaired) electrons. The van der Waals surface area contributed by atoms with Crippen molar-refractivity contribution >= 4 is 10.0 Å². The lowest BCUT2D eigenvalue weighted by Crippen LogP contribution is -2.44. The van der Waals surface area contributed by atoms with Crippen molar-refractivity contribution in [3.63, 3.8) is 0 Å². The van der Waals surface area contributed by atoms with Gasteiger partial charge in [0.1, 0.15) is 4.90 Å². The lowest BCUT2D eigenvalue weighted by molar-refractivity contribution is 0.220.